The van der Waals surface area contributed by atoms with E-state index >= 15 is 0 Å². The van der Waals surface area contributed by atoms with E-state index in [9.17, 15) is 30.0 Å². The predicted molar refractivity (Wildman–Crippen MR) is 71.2 cm³/mol. The fourth-order valence-corrected chi connectivity index (χ4v) is 1.90. The normalized spacial score (nSPS) is 18.6. The molecular formula is C13H24O8. The molecule has 0 radical (unpaired) electrons. The number of carbonyl (C=O) groups is 2. The molecule has 0 aromatic carbocycles. The highest BCUT2D eigenvalue weighted by atomic mass is 16.4. The molecule has 0 aromatic heterocycles. The fourth-order valence-electron chi connectivity index (χ4n) is 1.90. The molecule has 0 aromatic rings. The van der Waals surface area contributed by atoms with E-state index in [4.69, 9.17) is 10.2 Å². The lowest BCUT2D eigenvalue weighted by Gasteiger charge is -2.26. The van der Waals surface area contributed by atoms with Gasteiger partial charge >= 0.3 is 0 Å². The van der Waals surface area contributed by atoms with Gasteiger partial charge in [-0.15, -0.1) is 0 Å². The Morgan fingerprint density at radius 1 is 0.952 bits per heavy atom. The Balaban J connectivity index is 4.79. The van der Waals surface area contributed by atoms with Gasteiger partial charge in [0.1, 0.15) is 30.2 Å². The standard InChI is InChI=1S/C13H24O8/c1-7(16)8(4-2-3-5-14)10(18)12(20)13(21)11(19)9(17)6-15/h8-9,11-15,17,19-21H,2-6H2,1H3/t8?,9-,11-,12+,13+/m1/s1. The van der Waals surface area contributed by atoms with Crippen molar-refractivity contribution in [2.45, 2.75) is 50.6 Å². The van der Waals surface area contributed by atoms with Gasteiger partial charge in [0, 0.05) is 6.61 Å². The summed E-state index contributed by atoms with van der Waals surface area (Å²) in [5, 5.41) is 55.3. The molecule has 0 amide bonds. The predicted octanol–water partition coefficient (Wildman–Crippen LogP) is -2.64. The molecule has 6 N–H and O–H groups in total. The molecule has 0 aliphatic heterocycles. The lowest BCUT2D eigenvalue weighted by atomic mass is 9.87. The number of unbranched alkanes of at least 4 members (excludes halogenated alkanes) is 1. The van der Waals surface area contributed by atoms with Crippen molar-refractivity contribution < 1.29 is 40.2 Å². The molecule has 0 saturated heterocycles. The Hall–Kier alpha value is -0.900. The monoisotopic (exact) mass is 308 g/mol. The van der Waals surface area contributed by atoms with E-state index in [0.29, 0.717) is 12.8 Å². The molecule has 0 fully saturated rings. The largest absolute Gasteiger partial charge is 0.396 e. The van der Waals surface area contributed by atoms with Gasteiger partial charge in [-0.3, -0.25) is 9.59 Å². The van der Waals surface area contributed by atoms with Gasteiger partial charge in [0.2, 0.25) is 0 Å². The van der Waals surface area contributed by atoms with Crippen LogP contribution < -0.4 is 0 Å². The Morgan fingerprint density at radius 2 is 1.52 bits per heavy atom. The first-order chi connectivity index (χ1) is 9.77. The number of aliphatic hydroxyl groups is 6. The summed E-state index contributed by atoms with van der Waals surface area (Å²) in [4.78, 5) is 23.4. The van der Waals surface area contributed by atoms with Crippen LogP contribution in [0.5, 0.6) is 0 Å². The van der Waals surface area contributed by atoms with Crippen molar-refractivity contribution in [3.63, 3.8) is 0 Å². The van der Waals surface area contributed by atoms with E-state index in [-0.39, 0.29) is 13.0 Å². The third-order valence-electron chi connectivity index (χ3n) is 3.28. The van der Waals surface area contributed by atoms with Crippen molar-refractivity contribution in [2.75, 3.05) is 13.2 Å². The second-order valence-corrected chi connectivity index (χ2v) is 4.96. The van der Waals surface area contributed by atoms with Crippen molar-refractivity contribution >= 4 is 11.6 Å². The summed E-state index contributed by atoms with van der Waals surface area (Å²) < 4.78 is 0. The average Bonchev–Trinajstić information content (AvgIpc) is 2.47. The second-order valence-electron chi connectivity index (χ2n) is 4.96. The van der Waals surface area contributed by atoms with E-state index in [1.165, 1.54) is 6.92 Å². The zero-order valence-corrected chi connectivity index (χ0v) is 11.9. The summed E-state index contributed by atoms with van der Waals surface area (Å²) in [6.07, 6.45) is -6.81. The first kappa shape index (κ1) is 20.1. The quantitative estimate of drug-likeness (QED) is 0.179. The molecule has 8 nitrogen and oxygen atoms in total. The lowest BCUT2D eigenvalue weighted by molar-refractivity contribution is -0.153. The van der Waals surface area contributed by atoms with Gasteiger partial charge < -0.3 is 30.6 Å². The number of aliphatic hydroxyl groups excluding tert-OH is 6. The average molecular weight is 308 g/mol. The summed E-state index contributed by atoms with van der Waals surface area (Å²) >= 11 is 0. The maximum absolute atomic E-state index is 12.0. The van der Waals surface area contributed by atoms with Crippen molar-refractivity contribution in [3.8, 4) is 0 Å². The molecule has 5 atom stereocenters. The highest BCUT2D eigenvalue weighted by Crippen LogP contribution is 2.16. The third-order valence-corrected chi connectivity index (χ3v) is 3.28. The summed E-state index contributed by atoms with van der Waals surface area (Å²) in [5.41, 5.74) is 0. The van der Waals surface area contributed by atoms with E-state index in [1.807, 2.05) is 0 Å². The van der Waals surface area contributed by atoms with E-state index < -0.39 is 48.5 Å². The minimum Gasteiger partial charge on any atom is -0.396 e. The zero-order chi connectivity index (χ0) is 16.6. The van der Waals surface area contributed by atoms with Gasteiger partial charge in [0.05, 0.1) is 12.5 Å². The SMILES string of the molecule is CC(=O)C(CCCCO)C(=O)[C@H](O)[C@@H](O)[C@H](O)[C@H](O)CO. The molecule has 124 valence electrons. The van der Waals surface area contributed by atoms with Crippen molar-refractivity contribution in [1.29, 1.82) is 0 Å². The maximum atomic E-state index is 12.0. The number of Topliss-reactive ketones (excluding diaryl/α,β-unsaturated/α-hetero) is 2. The number of ketones is 2. The Labute approximate surface area is 122 Å². The number of hydrogen-bond donors (Lipinski definition) is 6. The van der Waals surface area contributed by atoms with Crippen molar-refractivity contribution in [2.24, 2.45) is 5.92 Å². The highest BCUT2D eigenvalue weighted by Gasteiger charge is 2.38. The van der Waals surface area contributed by atoms with Gasteiger partial charge in [-0.2, -0.15) is 0 Å². The van der Waals surface area contributed by atoms with Gasteiger partial charge in [-0.05, 0) is 19.8 Å². The second kappa shape index (κ2) is 9.93. The Bertz CT molecular complexity index is 332. The summed E-state index contributed by atoms with van der Waals surface area (Å²) in [7, 11) is 0. The van der Waals surface area contributed by atoms with Gasteiger partial charge in [0.25, 0.3) is 0 Å². The first-order valence-electron chi connectivity index (χ1n) is 6.76. The summed E-state index contributed by atoms with van der Waals surface area (Å²) in [6.45, 7) is 0.219. The number of carbonyl (C=O) groups excluding carboxylic acids is 2. The van der Waals surface area contributed by atoms with Gasteiger partial charge in [-0.25, -0.2) is 0 Å². The van der Waals surface area contributed by atoms with Gasteiger partial charge in [0.15, 0.2) is 5.78 Å². The topological polar surface area (TPSA) is 156 Å². The smallest absolute Gasteiger partial charge is 0.174 e. The van der Waals surface area contributed by atoms with Crippen LogP contribution in [0.4, 0.5) is 0 Å². The zero-order valence-electron chi connectivity index (χ0n) is 11.9. The highest BCUT2D eigenvalue weighted by molar-refractivity contribution is 6.03. The van der Waals surface area contributed by atoms with E-state index in [1.54, 1.807) is 0 Å². The van der Waals surface area contributed by atoms with Crippen LogP contribution in [0.1, 0.15) is 26.2 Å². The minimum atomic E-state index is -2.05. The van der Waals surface area contributed by atoms with Crippen LogP contribution >= 0.6 is 0 Å². The maximum Gasteiger partial charge on any atom is 0.174 e. The van der Waals surface area contributed by atoms with Crippen LogP contribution in [0, 0.1) is 5.92 Å². The van der Waals surface area contributed by atoms with Crippen LogP contribution in [0.3, 0.4) is 0 Å². The van der Waals surface area contributed by atoms with Crippen molar-refractivity contribution in [1.82, 2.24) is 0 Å². The minimum absolute atomic E-state index is 0.0919. The fraction of sp³-hybridized carbons (Fsp3) is 0.846. The first-order valence-corrected chi connectivity index (χ1v) is 6.76. The Kier molecular flexibility index (Phi) is 9.51. The van der Waals surface area contributed by atoms with Crippen LogP contribution in [-0.2, 0) is 9.59 Å². The van der Waals surface area contributed by atoms with Crippen LogP contribution in [0.15, 0.2) is 0 Å². The molecule has 0 heterocycles. The lowest BCUT2D eigenvalue weighted by Crippen LogP contribution is -2.50. The molecule has 1 unspecified atom stereocenters. The molecule has 0 rings (SSSR count). The summed E-state index contributed by atoms with van der Waals surface area (Å²) in [6, 6.07) is 0. The number of rotatable bonds is 11. The third kappa shape index (κ3) is 6.16. The van der Waals surface area contributed by atoms with Gasteiger partial charge in [-0.1, -0.05) is 6.42 Å². The molecule has 0 bridgehead atoms. The molecule has 8 heteroatoms. The molecule has 0 aliphatic carbocycles. The Morgan fingerprint density at radius 3 is 1.95 bits per heavy atom. The van der Waals surface area contributed by atoms with Crippen molar-refractivity contribution in [3.05, 3.63) is 0 Å². The molecule has 0 aliphatic rings. The van der Waals surface area contributed by atoms with Crippen LogP contribution in [0.25, 0.3) is 0 Å². The van der Waals surface area contributed by atoms with Crippen LogP contribution in [-0.4, -0.2) is 79.8 Å². The van der Waals surface area contributed by atoms with Crippen LogP contribution in [0.2, 0.25) is 0 Å². The summed E-state index contributed by atoms with van der Waals surface area (Å²) in [5.74, 6) is -2.61. The molecular weight excluding hydrogens is 284 g/mol. The van der Waals surface area contributed by atoms with E-state index in [0.717, 1.165) is 0 Å². The number of hydrogen-bond acceptors (Lipinski definition) is 8. The van der Waals surface area contributed by atoms with E-state index in [2.05, 4.69) is 0 Å². The molecule has 0 spiro atoms. The molecule has 21 heavy (non-hydrogen) atoms. The molecule has 0 saturated carbocycles.